The van der Waals surface area contributed by atoms with Gasteiger partial charge < -0.3 is 15.0 Å². The number of nitrogens with one attached hydrogen (secondary N) is 1. The smallest absolute Gasteiger partial charge is 0.410 e. The van der Waals surface area contributed by atoms with Crippen molar-refractivity contribution in [2.45, 2.75) is 57.7 Å². The summed E-state index contributed by atoms with van der Waals surface area (Å²) in [6.45, 7) is 7.69. The predicted octanol–water partition coefficient (Wildman–Crippen LogP) is 1.75. The summed E-state index contributed by atoms with van der Waals surface area (Å²) in [5.41, 5.74) is -0.393. The SMILES string of the molecule is CC(C)(C)OC(=O)N1[C@H]2CCNC[C@@H]1CC2. The van der Waals surface area contributed by atoms with Gasteiger partial charge in [-0.3, -0.25) is 0 Å². The van der Waals surface area contributed by atoms with Crippen molar-refractivity contribution < 1.29 is 9.53 Å². The standard InChI is InChI=1S/C12H22N2O2/c1-12(2,3)16-11(15)14-9-4-5-10(14)8-13-7-6-9/h9-10,13H,4-8H2,1-3H3/t9-,10+/m1/s1. The lowest BCUT2D eigenvalue weighted by Crippen LogP contribution is -2.45. The number of hydrogen-bond donors (Lipinski definition) is 1. The van der Waals surface area contributed by atoms with Gasteiger partial charge in [-0.05, 0) is 46.6 Å². The van der Waals surface area contributed by atoms with E-state index in [0.29, 0.717) is 12.1 Å². The van der Waals surface area contributed by atoms with Crippen LogP contribution in [0, 0.1) is 0 Å². The molecule has 1 amide bonds. The Labute approximate surface area is 97.3 Å². The molecule has 2 saturated heterocycles. The molecule has 2 rings (SSSR count). The molecule has 0 spiro atoms. The van der Waals surface area contributed by atoms with Crippen LogP contribution in [0.5, 0.6) is 0 Å². The van der Waals surface area contributed by atoms with E-state index < -0.39 is 5.60 Å². The average Bonchev–Trinajstić information content (AvgIpc) is 2.36. The van der Waals surface area contributed by atoms with E-state index in [1.54, 1.807) is 0 Å². The normalized spacial score (nSPS) is 30.1. The van der Waals surface area contributed by atoms with Crippen LogP contribution in [0.15, 0.2) is 0 Å². The second kappa shape index (κ2) is 4.24. The van der Waals surface area contributed by atoms with E-state index in [9.17, 15) is 4.79 Å². The quantitative estimate of drug-likeness (QED) is 0.684. The fourth-order valence-electron chi connectivity index (χ4n) is 2.60. The van der Waals surface area contributed by atoms with E-state index in [1.165, 1.54) is 0 Å². The van der Waals surface area contributed by atoms with Crippen molar-refractivity contribution in [3.63, 3.8) is 0 Å². The third kappa shape index (κ3) is 2.48. The van der Waals surface area contributed by atoms with Crippen LogP contribution >= 0.6 is 0 Å². The van der Waals surface area contributed by atoms with E-state index in [-0.39, 0.29) is 6.09 Å². The molecule has 2 heterocycles. The number of fused-ring (bicyclic) bond motifs is 2. The molecule has 1 N–H and O–H groups in total. The van der Waals surface area contributed by atoms with Crippen LogP contribution in [-0.4, -0.2) is 41.8 Å². The third-order valence-electron chi connectivity index (χ3n) is 3.26. The molecule has 0 aliphatic carbocycles. The minimum Gasteiger partial charge on any atom is -0.444 e. The lowest BCUT2D eigenvalue weighted by atomic mass is 10.1. The fraction of sp³-hybridized carbons (Fsp3) is 0.917. The van der Waals surface area contributed by atoms with Gasteiger partial charge in [-0.2, -0.15) is 0 Å². The number of nitrogens with zero attached hydrogens (tertiary/aromatic N) is 1. The second-order valence-corrected chi connectivity index (χ2v) is 5.77. The first-order valence-electron chi connectivity index (χ1n) is 6.19. The van der Waals surface area contributed by atoms with Gasteiger partial charge in [-0.15, -0.1) is 0 Å². The molecule has 2 aliphatic rings. The molecule has 0 radical (unpaired) electrons. The number of ether oxygens (including phenoxy) is 1. The second-order valence-electron chi connectivity index (χ2n) is 5.77. The van der Waals surface area contributed by atoms with E-state index >= 15 is 0 Å². The van der Waals surface area contributed by atoms with Crippen LogP contribution in [0.25, 0.3) is 0 Å². The zero-order valence-corrected chi connectivity index (χ0v) is 10.5. The van der Waals surface area contributed by atoms with Crippen molar-refractivity contribution in [1.82, 2.24) is 10.2 Å². The molecule has 0 aromatic rings. The van der Waals surface area contributed by atoms with Gasteiger partial charge in [0.05, 0.1) is 0 Å². The van der Waals surface area contributed by atoms with Gasteiger partial charge in [0, 0.05) is 18.6 Å². The molecule has 4 heteroatoms. The Kier molecular flexibility index (Phi) is 3.10. The summed E-state index contributed by atoms with van der Waals surface area (Å²) in [4.78, 5) is 14.1. The third-order valence-corrected chi connectivity index (χ3v) is 3.26. The Morgan fingerprint density at radius 2 is 1.94 bits per heavy atom. The zero-order chi connectivity index (χ0) is 11.8. The molecular formula is C12H22N2O2. The largest absolute Gasteiger partial charge is 0.444 e. The summed E-state index contributed by atoms with van der Waals surface area (Å²) in [5.74, 6) is 0. The van der Waals surface area contributed by atoms with E-state index in [2.05, 4.69) is 5.32 Å². The number of amides is 1. The van der Waals surface area contributed by atoms with Crippen LogP contribution in [-0.2, 0) is 4.74 Å². The molecule has 2 aliphatic heterocycles. The van der Waals surface area contributed by atoms with Crippen molar-refractivity contribution >= 4 is 6.09 Å². The summed E-state index contributed by atoms with van der Waals surface area (Å²) in [5, 5.41) is 3.38. The van der Waals surface area contributed by atoms with Gasteiger partial charge in [0.25, 0.3) is 0 Å². The molecule has 0 aromatic carbocycles. The first kappa shape index (κ1) is 11.7. The lowest BCUT2D eigenvalue weighted by Gasteiger charge is -2.30. The van der Waals surface area contributed by atoms with Crippen molar-refractivity contribution in [3.8, 4) is 0 Å². The Morgan fingerprint density at radius 1 is 1.25 bits per heavy atom. The lowest BCUT2D eigenvalue weighted by molar-refractivity contribution is 0.0161. The van der Waals surface area contributed by atoms with Crippen molar-refractivity contribution in [2.24, 2.45) is 0 Å². The molecule has 16 heavy (non-hydrogen) atoms. The highest BCUT2D eigenvalue weighted by Crippen LogP contribution is 2.29. The van der Waals surface area contributed by atoms with Gasteiger partial charge >= 0.3 is 6.09 Å². The van der Waals surface area contributed by atoms with E-state index in [0.717, 1.165) is 32.4 Å². The topological polar surface area (TPSA) is 41.6 Å². The highest BCUT2D eigenvalue weighted by Gasteiger charge is 2.39. The Bertz CT molecular complexity index is 259. The summed E-state index contributed by atoms with van der Waals surface area (Å²) in [7, 11) is 0. The molecule has 0 saturated carbocycles. The highest BCUT2D eigenvalue weighted by molar-refractivity contribution is 5.69. The molecule has 0 aromatic heterocycles. The van der Waals surface area contributed by atoms with Crippen molar-refractivity contribution in [1.29, 1.82) is 0 Å². The van der Waals surface area contributed by atoms with E-state index in [1.807, 2.05) is 25.7 Å². The maximum atomic E-state index is 12.1. The fourth-order valence-corrected chi connectivity index (χ4v) is 2.60. The summed E-state index contributed by atoms with van der Waals surface area (Å²) < 4.78 is 5.47. The predicted molar refractivity (Wildman–Crippen MR) is 62.4 cm³/mol. The number of carbonyl (C=O) groups excluding carboxylic acids is 1. The Morgan fingerprint density at radius 3 is 2.62 bits per heavy atom. The maximum absolute atomic E-state index is 12.1. The molecule has 2 bridgehead atoms. The van der Waals surface area contributed by atoms with Crippen LogP contribution in [0.4, 0.5) is 4.79 Å². The minimum absolute atomic E-state index is 0.135. The highest BCUT2D eigenvalue weighted by atomic mass is 16.6. The van der Waals surface area contributed by atoms with Gasteiger partial charge in [0.2, 0.25) is 0 Å². The van der Waals surface area contributed by atoms with Gasteiger partial charge in [-0.25, -0.2) is 4.79 Å². The van der Waals surface area contributed by atoms with Crippen molar-refractivity contribution in [2.75, 3.05) is 13.1 Å². The Balaban J connectivity index is 2.05. The van der Waals surface area contributed by atoms with E-state index in [4.69, 9.17) is 4.74 Å². The van der Waals surface area contributed by atoms with Gasteiger partial charge in [0.1, 0.15) is 5.60 Å². The van der Waals surface area contributed by atoms with Crippen molar-refractivity contribution in [3.05, 3.63) is 0 Å². The molecular weight excluding hydrogens is 204 g/mol. The number of rotatable bonds is 0. The molecule has 0 unspecified atom stereocenters. The molecule has 2 fully saturated rings. The van der Waals surface area contributed by atoms with Crippen LogP contribution in [0.1, 0.15) is 40.0 Å². The van der Waals surface area contributed by atoms with Crippen LogP contribution in [0.3, 0.4) is 0 Å². The molecule has 2 atom stereocenters. The maximum Gasteiger partial charge on any atom is 0.410 e. The van der Waals surface area contributed by atoms with Gasteiger partial charge in [0.15, 0.2) is 0 Å². The molecule has 4 nitrogen and oxygen atoms in total. The number of hydrogen-bond acceptors (Lipinski definition) is 3. The van der Waals surface area contributed by atoms with Crippen LogP contribution < -0.4 is 5.32 Å². The summed E-state index contributed by atoms with van der Waals surface area (Å²) >= 11 is 0. The first-order valence-corrected chi connectivity index (χ1v) is 6.19. The van der Waals surface area contributed by atoms with Crippen LogP contribution in [0.2, 0.25) is 0 Å². The summed E-state index contributed by atoms with van der Waals surface area (Å²) in [6, 6.07) is 0.720. The first-order chi connectivity index (χ1) is 7.47. The summed E-state index contributed by atoms with van der Waals surface area (Å²) in [6.07, 6.45) is 3.15. The van der Waals surface area contributed by atoms with Gasteiger partial charge in [-0.1, -0.05) is 0 Å². The Hall–Kier alpha value is -0.770. The molecule has 92 valence electrons. The average molecular weight is 226 g/mol. The minimum atomic E-state index is -0.393. The number of carbonyl (C=O) groups is 1. The monoisotopic (exact) mass is 226 g/mol. The zero-order valence-electron chi connectivity index (χ0n) is 10.5.